The quantitative estimate of drug-likeness (QED) is 0.787. The Kier molecular flexibility index (Phi) is 4.09. The zero-order chi connectivity index (χ0) is 11.3. The molecule has 0 aromatic carbocycles. The second-order valence-electron chi connectivity index (χ2n) is 3.63. The molecule has 82 valence electrons. The molecule has 0 spiro atoms. The first-order valence-electron chi connectivity index (χ1n) is 5.16. The Labute approximate surface area is 89.9 Å². The number of carbonyl (C=O) groups excluding carboxylic acids is 1. The number of anilines is 1. The third kappa shape index (κ3) is 3.58. The molecule has 3 N–H and O–H groups in total. The van der Waals surface area contributed by atoms with Crippen LogP contribution in [0.4, 0.5) is 5.82 Å². The van der Waals surface area contributed by atoms with Gasteiger partial charge in [0.15, 0.2) is 0 Å². The van der Waals surface area contributed by atoms with E-state index in [2.05, 4.69) is 17.2 Å². The average molecular weight is 207 g/mol. The minimum atomic E-state index is -0.0940. The van der Waals surface area contributed by atoms with Crippen molar-refractivity contribution < 1.29 is 4.79 Å². The Balaban J connectivity index is 2.57. The molecule has 4 nitrogen and oxygen atoms in total. The number of aromatic nitrogens is 1. The van der Waals surface area contributed by atoms with Gasteiger partial charge in [-0.2, -0.15) is 0 Å². The van der Waals surface area contributed by atoms with Gasteiger partial charge in [0.1, 0.15) is 5.82 Å². The van der Waals surface area contributed by atoms with Crippen molar-refractivity contribution >= 4 is 11.7 Å². The summed E-state index contributed by atoms with van der Waals surface area (Å²) >= 11 is 0. The number of nitrogens with two attached hydrogens (primary N) is 1. The lowest BCUT2D eigenvalue weighted by Gasteiger charge is -2.12. The van der Waals surface area contributed by atoms with Crippen molar-refractivity contribution in [3.8, 4) is 0 Å². The lowest BCUT2D eigenvalue weighted by Crippen LogP contribution is -2.32. The van der Waals surface area contributed by atoms with E-state index in [0.29, 0.717) is 11.4 Å². The van der Waals surface area contributed by atoms with Gasteiger partial charge in [0.05, 0.1) is 5.56 Å². The van der Waals surface area contributed by atoms with E-state index in [0.717, 1.165) is 12.8 Å². The number of hydrogen-bond acceptors (Lipinski definition) is 3. The first-order valence-corrected chi connectivity index (χ1v) is 5.16. The van der Waals surface area contributed by atoms with Gasteiger partial charge >= 0.3 is 0 Å². The van der Waals surface area contributed by atoms with E-state index in [1.807, 2.05) is 6.92 Å². The Hall–Kier alpha value is -1.58. The number of carbonyl (C=O) groups is 1. The van der Waals surface area contributed by atoms with E-state index in [4.69, 9.17) is 5.73 Å². The molecule has 1 heterocycles. The molecule has 0 radical (unpaired) electrons. The van der Waals surface area contributed by atoms with Gasteiger partial charge in [0.2, 0.25) is 0 Å². The van der Waals surface area contributed by atoms with Gasteiger partial charge in [-0.1, -0.05) is 13.3 Å². The number of nitrogens with zero attached hydrogens (tertiary/aromatic N) is 1. The van der Waals surface area contributed by atoms with Gasteiger partial charge in [0, 0.05) is 12.2 Å². The Morgan fingerprint density at radius 3 is 2.87 bits per heavy atom. The first kappa shape index (κ1) is 11.5. The van der Waals surface area contributed by atoms with Crippen molar-refractivity contribution in [2.75, 3.05) is 5.73 Å². The van der Waals surface area contributed by atoms with Crippen LogP contribution in [0, 0.1) is 0 Å². The van der Waals surface area contributed by atoms with E-state index in [9.17, 15) is 4.79 Å². The summed E-state index contributed by atoms with van der Waals surface area (Å²) in [5.41, 5.74) is 5.98. The summed E-state index contributed by atoms with van der Waals surface area (Å²) in [4.78, 5) is 15.5. The van der Waals surface area contributed by atoms with Crippen LogP contribution in [0.25, 0.3) is 0 Å². The van der Waals surface area contributed by atoms with Crippen molar-refractivity contribution in [1.29, 1.82) is 0 Å². The largest absolute Gasteiger partial charge is 0.384 e. The minimum absolute atomic E-state index is 0.0940. The summed E-state index contributed by atoms with van der Waals surface area (Å²) < 4.78 is 0. The van der Waals surface area contributed by atoms with Crippen LogP contribution in [0.1, 0.15) is 37.0 Å². The minimum Gasteiger partial charge on any atom is -0.384 e. The van der Waals surface area contributed by atoms with Crippen LogP contribution in [0.2, 0.25) is 0 Å². The maximum absolute atomic E-state index is 11.6. The number of amides is 1. The highest BCUT2D eigenvalue weighted by Gasteiger charge is 2.08. The van der Waals surface area contributed by atoms with Gasteiger partial charge in [-0.3, -0.25) is 4.79 Å². The molecule has 0 aliphatic carbocycles. The van der Waals surface area contributed by atoms with Crippen LogP contribution in [0.3, 0.4) is 0 Å². The van der Waals surface area contributed by atoms with Crippen LogP contribution in [-0.4, -0.2) is 16.9 Å². The van der Waals surface area contributed by atoms with Crippen LogP contribution in [0.15, 0.2) is 18.3 Å². The first-order chi connectivity index (χ1) is 7.13. The fourth-order valence-corrected chi connectivity index (χ4v) is 1.35. The average Bonchev–Trinajstić information content (AvgIpc) is 2.18. The second-order valence-corrected chi connectivity index (χ2v) is 3.63. The van der Waals surface area contributed by atoms with E-state index in [1.165, 1.54) is 6.20 Å². The molecule has 1 atom stereocenters. The maximum Gasteiger partial charge on any atom is 0.253 e. The van der Waals surface area contributed by atoms with Crippen LogP contribution >= 0.6 is 0 Å². The molecule has 1 amide bonds. The smallest absolute Gasteiger partial charge is 0.253 e. The Bertz CT molecular complexity index is 321. The summed E-state index contributed by atoms with van der Waals surface area (Å²) in [6.45, 7) is 4.08. The third-order valence-electron chi connectivity index (χ3n) is 2.15. The maximum atomic E-state index is 11.6. The summed E-state index contributed by atoms with van der Waals surface area (Å²) in [6.07, 6.45) is 3.53. The molecule has 1 aromatic heterocycles. The van der Waals surface area contributed by atoms with E-state index in [1.54, 1.807) is 12.1 Å². The second kappa shape index (κ2) is 5.34. The van der Waals surface area contributed by atoms with Crippen molar-refractivity contribution in [2.45, 2.75) is 32.7 Å². The van der Waals surface area contributed by atoms with Crippen LogP contribution in [0.5, 0.6) is 0 Å². The highest BCUT2D eigenvalue weighted by molar-refractivity contribution is 5.94. The lowest BCUT2D eigenvalue weighted by molar-refractivity contribution is 0.0938. The predicted molar refractivity (Wildman–Crippen MR) is 60.5 cm³/mol. The summed E-state index contributed by atoms with van der Waals surface area (Å²) in [6, 6.07) is 3.50. The molecule has 0 saturated heterocycles. The zero-order valence-corrected chi connectivity index (χ0v) is 9.16. The topological polar surface area (TPSA) is 68.0 Å². The highest BCUT2D eigenvalue weighted by atomic mass is 16.1. The molecule has 0 fully saturated rings. The van der Waals surface area contributed by atoms with Crippen molar-refractivity contribution in [1.82, 2.24) is 10.3 Å². The molecular formula is C11H17N3O. The van der Waals surface area contributed by atoms with Gasteiger partial charge in [-0.15, -0.1) is 0 Å². The van der Waals surface area contributed by atoms with E-state index < -0.39 is 0 Å². The molecule has 1 aromatic rings. The van der Waals surface area contributed by atoms with Gasteiger partial charge < -0.3 is 11.1 Å². The SMILES string of the molecule is CCCC(C)NC(=O)c1ccc(N)nc1. The number of nitrogen functional groups attached to an aromatic ring is 1. The molecule has 0 aliphatic heterocycles. The van der Waals surface area contributed by atoms with Crippen molar-refractivity contribution in [2.24, 2.45) is 0 Å². The van der Waals surface area contributed by atoms with Crippen LogP contribution in [-0.2, 0) is 0 Å². The zero-order valence-electron chi connectivity index (χ0n) is 9.16. The number of rotatable bonds is 4. The fraction of sp³-hybridized carbons (Fsp3) is 0.455. The number of hydrogen-bond donors (Lipinski definition) is 2. The van der Waals surface area contributed by atoms with Gasteiger partial charge in [-0.25, -0.2) is 4.98 Å². The fourth-order valence-electron chi connectivity index (χ4n) is 1.35. The Morgan fingerprint density at radius 1 is 1.60 bits per heavy atom. The summed E-state index contributed by atoms with van der Waals surface area (Å²) in [5.74, 6) is 0.330. The standard InChI is InChI=1S/C11H17N3O/c1-3-4-8(2)14-11(15)9-5-6-10(12)13-7-9/h5-8H,3-4H2,1-2H3,(H2,12,13)(H,14,15). The van der Waals surface area contributed by atoms with Crippen molar-refractivity contribution in [3.05, 3.63) is 23.9 Å². The number of pyridine rings is 1. The molecule has 0 bridgehead atoms. The van der Waals surface area contributed by atoms with Crippen molar-refractivity contribution in [3.63, 3.8) is 0 Å². The van der Waals surface area contributed by atoms with Crippen LogP contribution < -0.4 is 11.1 Å². The lowest BCUT2D eigenvalue weighted by atomic mass is 10.2. The summed E-state index contributed by atoms with van der Waals surface area (Å²) in [7, 11) is 0. The third-order valence-corrected chi connectivity index (χ3v) is 2.15. The normalized spacial score (nSPS) is 12.1. The van der Waals surface area contributed by atoms with Gasteiger partial charge in [-0.05, 0) is 25.5 Å². The predicted octanol–water partition coefficient (Wildman–Crippen LogP) is 1.58. The molecule has 1 rings (SSSR count). The molecule has 0 aliphatic rings. The molecule has 15 heavy (non-hydrogen) atoms. The van der Waals surface area contributed by atoms with E-state index >= 15 is 0 Å². The summed E-state index contributed by atoms with van der Waals surface area (Å²) in [5, 5.41) is 2.90. The molecular weight excluding hydrogens is 190 g/mol. The molecule has 1 unspecified atom stereocenters. The van der Waals surface area contributed by atoms with E-state index in [-0.39, 0.29) is 11.9 Å². The van der Waals surface area contributed by atoms with Gasteiger partial charge in [0.25, 0.3) is 5.91 Å². The Morgan fingerprint density at radius 2 is 2.33 bits per heavy atom. The number of nitrogens with one attached hydrogen (secondary N) is 1. The molecule has 0 saturated carbocycles. The highest BCUT2D eigenvalue weighted by Crippen LogP contribution is 2.02. The monoisotopic (exact) mass is 207 g/mol. The molecule has 4 heteroatoms.